The number of alkyl halides is 3. The monoisotopic (exact) mass is 504 g/mol. The van der Waals surface area contributed by atoms with Crippen molar-refractivity contribution in [2.24, 2.45) is 5.92 Å². The Hall–Kier alpha value is -3.27. The molecule has 4 rings (SSSR count). The van der Waals surface area contributed by atoms with Gasteiger partial charge in [0, 0.05) is 49.2 Å². The molecule has 0 radical (unpaired) electrons. The van der Waals surface area contributed by atoms with Crippen LogP contribution in [0.5, 0.6) is 0 Å². The van der Waals surface area contributed by atoms with Crippen molar-refractivity contribution in [1.29, 1.82) is 0 Å². The van der Waals surface area contributed by atoms with Gasteiger partial charge in [0.1, 0.15) is 17.2 Å². The van der Waals surface area contributed by atoms with Gasteiger partial charge in [-0.1, -0.05) is 25.4 Å². The average Bonchev–Trinajstić information content (AvgIpc) is 2.84. The van der Waals surface area contributed by atoms with Gasteiger partial charge in [-0.25, -0.2) is 9.97 Å². The van der Waals surface area contributed by atoms with E-state index >= 15 is 0 Å². The number of pyridine rings is 2. The fourth-order valence-electron chi connectivity index (χ4n) is 3.80. The van der Waals surface area contributed by atoms with Gasteiger partial charge in [0.15, 0.2) is 0 Å². The predicted molar refractivity (Wildman–Crippen MR) is 127 cm³/mol. The zero-order valence-electron chi connectivity index (χ0n) is 19.2. The molecule has 0 aliphatic carbocycles. The maximum Gasteiger partial charge on any atom is 0.417 e. The van der Waals surface area contributed by atoms with Crippen LogP contribution in [-0.2, 0) is 11.0 Å². The molecule has 0 spiro atoms. The first kappa shape index (κ1) is 24.8. The number of rotatable bonds is 5. The number of nitrogens with zero attached hydrogens (tertiary/aromatic N) is 5. The minimum Gasteiger partial charge on any atom is -0.355 e. The third-order valence-corrected chi connectivity index (χ3v) is 6.11. The number of piperidine rings is 1. The Labute approximate surface area is 205 Å². The van der Waals surface area contributed by atoms with Gasteiger partial charge in [-0.3, -0.25) is 14.8 Å². The molecule has 1 N–H and O–H groups in total. The molecule has 3 aromatic heterocycles. The van der Waals surface area contributed by atoms with E-state index in [2.05, 4.69) is 25.2 Å². The third-order valence-electron chi connectivity index (χ3n) is 5.81. The topological polar surface area (TPSA) is 83.9 Å². The standard InChI is InChI=1S/C24H24ClF3N6O/c1-14(2)23(35)32-16-6-9-34(10-7-16)20-13-31-22(19-4-3-15(11-30-19)24(26,27)28)21(33-20)17-5-8-29-12-18(17)25/h3-5,8,11-14,16H,6-7,9-10H2,1-2H3,(H,32,35). The molecule has 1 amide bonds. The van der Waals surface area contributed by atoms with Crippen LogP contribution in [0.4, 0.5) is 19.0 Å². The molecule has 1 fully saturated rings. The average molecular weight is 505 g/mol. The Morgan fingerprint density at radius 2 is 1.83 bits per heavy atom. The van der Waals surface area contributed by atoms with E-state index in [1.807, 2.05) is 13.8 Å². The third kappa shape index (κ3) is 5.70. The molecule has 0 unspecified atom stereocenters. The lowest BCUT2D eigenvalue weighted by Crippen LogP contribution is -2.46. The molecule has 0 aromatic carbocycles. The lowest BCUT2D eigenvalue weighted by molar-refractivity contribution is -0.137. The minimum atomic E-state index is -4.49. The normalized spacial score (nSPS) is 14.9. The number of carbonyl (C=O) groups is 1. The van der Waals surface area contributed by atoms with Crippen LogP contribution < -0.4 is 10.2 Å². The summed E-state index contributed by atoms with van der Waals surface area (Å²) in [7, 11) is 0. The van der Waals surface area contributed by atoms with Crippen LogP contribution in [0.3, 0.4) is 0 Å². The molecule has 3 aromatic rings. The summed E-state index contributed by atoms with van der Waals surface area (Å²) in [6, 6.07) is 4.01. The summed E-state index contributed by atoms with van der Waals surface area (Å²) in [6.45, 7) is 5.05. The summed E-state index contributed by atoms with van der Waals surface area (Å²) in [5.74, 6) is 0.571. The van der Waals surface area contributed by atoms with Crippen LogP contribution in [0.1, 0.15) is 32.3 Å². The molecule has 7 nitrogen and oxygen atoms in total. The molecular weight excluding hydrogens is 481 g/mol. The largest absolute Gasteiger partial charge is 0.417 e. The van der Waals surface area contributed by atoms with Gasteiger partial charge in [0.2, 0.25) is 5.91 Å². The number of hydrogen-bond donors (Lipinski definition) is 1. The molecule has 1 aliphatic rings. The number of carbonyl (C=O) groups excluding carboxylic acids is 1. The molecule has 35 heavy (non-hydrogen) atoms. The van der Waals surface area contributed by atoms with Gasteiger partial charge < -0.3 is 10.2 Å². The second kappa shape index (κ2) is 10.2. The number of aromatic nitrogens is 4. The smallest absolute Gasteiger partial charge is 0.355 e. The SMILES string of the molecule is CC(C)C(=O)NC1CCN(c2cnc(-c3ccc(C(F)(F)F)cn3)c(-c3ccncc3Cl)n2)CC1. The quantitative estimate of drug-likeness (QED) is 0.525. The molecule has 184 valence electrons. The van der Waals surface area contributed by atoms with E-state index in [-0.39, 0.29) is 23.6 Å². The van der Waals surface area contributed by atoms with Crippen molar-refractivity contribution < 1.29 is 18.0 Å². The van der Waals surface area contributed by atoms with Crippen molar-refractivity contribution in [3.05, 3.63) is 53.6 Å². The van der Waals surface area contributed by atoms with E-state index in [4.69, 9.17) is 16.6 Å². The maximum absolute atomic E-state index is 13.0. The van der Waals surface area contributed by atoms with E-state index in [1.165, 1.54) is 12.3 Å². The Morgan fingerprint density at radius 1 is 1.09 bits per heavy atom. The van der Waals surface area contributed by atoms with Crippen LogP contribution in [0.25, 0.3) is 22.6 Å². The number of halogens is 4. The first-order valence-electron chi connectivity index (χ1n) is 11.2. The summed E-state index contributed by atoms with van der Waals surface area (Å²) >= 11 is 6.38. The summed E-state index contributed by atoms with van der Waals surface area (Å²) in [6.07, 6.45) is 2.42. The van der Waals surface area contributed by atoms with E-state index in [9.17, 15) is 18.0 Å². The number of hydrogen-bond acceptors (Lipinski definition) is 6. The molecule has 1 aliphatic heterocycles. The Balaban J connectivity index is 1.64. The van der Waals surface area contributed by atoms with Crippen LogP contribution in [0, 0.1) is 5.92 Å². The van der Waals surface area contributed by atoms with E-state index < -0.39 is 11.7 Å². The predicted octanol–water partition coefficient (Wildman–Crippen LogP) is 5.01. The van der Waals surface area contributed by atoms with Crippen molar-refractivity contribution in [2.75, 3.05) is 18.0 Å². The second-order valence-electron chi connectivity index (χ2n) is 8.64. The zero-order valence-corrected chi connectivity index (χ0v) is 19.9. The Kier molecular flexibility index (Phi) is 7.20. The highest BCUT2D eigenvalue weighted by Crippen LogP contribution is 2.35. The van der Waals surface area contributed by atoms with Crippen LogP contribution in [-0.4, -0.2) is 45.0 Å². The van der Waals surface area contributed by atoms with E-state index in [0.29, 0.717) is 40.9 Å². The first-order valence-corrected chi connectivity index (χ1v) is 11.6. The molecular formula is C24H24ClF3N6O. The van der Waals surface area contributed by atoms with Gasteiger partial charge >= 0.3 is 6.18 Å². The lowest BCUT2D eigenvalue weighted by Gasteiger charge is -2.33. The lowest BCUT2D eigenvalue weighted by atomic mass is 10.0. The molecule has 11 heteroatoms. The highest BCUT2D eigenvalue weighted by molar-refractivity contribution is 6.33. The molecule has 1 saturated heterocycles. The van der Waals surface area contributed by atoms with E-state index in [0.717, 1.165) is 25.1 Å². The van der Waals surface area contributed by atoms with Crippen molar-refractivity contribution in [1.82, 2.24) is 25.3 Å². The Bertz CT molecular complexity index is 1190. The molecule has 0 bridgehead atoms. The number of amides is 1. The van der Waals surface area contributed by atoms with Crippen LogP contribution >= 0.6 is 11.6 Å². The van der Waals surface area contributed by atoms with Crippen molar-refractivity contribution in [3.63, 3.8) is 0 Å². The fraction of sp³-hybridized carbons (Fsp3) is 0.375. The van der Waals surface area contributed by atoms with Gasteiger partial charge in [-0.15, -0.1) is 0 Å². The maximum atomic E-state index is 13.0. The van der Waals surface area contributed by atoms with Gasteiger partial charge in [0.05, 0.1) is 22.5 Å². The van der Waals surface area contributed by atoms with Crippen molar-refractivity contribution in [3.8, 4) is 22.6 Å². The second-order valence-corrected chi connectivity index (χ2v) is 9.04. The van der Waals surface area contributed by atoms with Crippen LogP contribution in [0.2, 0.25) is 5.02 Å². The number of nitrogens with one attached hydrogen (secondary N) is 1. The highest BCUT2D eigenvalue weighted by Gasteiger charge is 2.31. The van der Waals surface area contributed by atoms with E-state index in [1.54, 1.807) is 18.5 Å². The minimum absolute atomic E-state index is 0.0336. The summed E-state index contributed by atoms with van der Waals surface area (Å²) in [5, 5.41) is 3.40. The van der Waals surface area contributed by atoms with Crippen LogP contribution in [0.15, 0.2) is 43.0 Å². The van der Waals surface area contributed by atoms with Crippen molar-refractivity contribution in [2.45, 2.75) is 38.9 Å². The van der Waals surface area contributed by atoms with Crippen molar-refractivity contribution >= 4 is 23.3 Å². The molecule has 4 heterocycles. The Morgan fingerprint density at radius 3 is 2.43 bits per heavy atom. The first-order chi connectivity index (χ1) is 16.6. The van der Waals surface area contributed by atoms with Gasteiger partial charge in [0.25, 0.3) is 0 Å². The van der Waals surface area contributed by atoms with Gasteiger partial charge in [-0.05, 0) is 31.0 Å². The fourth-order valence-corrected chi connectivity index (χ4v) is 4.01. The summed E-state index contributed by atoms with van der Waals surface area (Å²) < 4.78 is 39.0. The molecule has 0 saturated carbocycles. The number of anilines is 1. The van der Waals surface area contributed by atoms with Gasteiger partial charge in [-0.2, -0.15) is 13.2 Å². The molecule has 0 atom stereocenters. The summed E-state index contributed by atoms with van der Waals surface area (Å²) in [4.78, 5) is 31.4. The highest BCUT2D eigenvalue weighted by atomic mass is 35.5. The zero-order chi connectivity index (χ0) is 25.2. The summed E-state index contributed by atoms with van der Waals surface area (Å²) in [5.41, 5.74) is 0.663.